The Kier molecular flexibility index (Phi) is 3.94. The Morgan fingerprint density at radius 1 is 1.17 bits per heavy atom. The summed E-state index contributed by atoms with van der Waals surface area (Å²) in [6.45, 7) is 3.82. The fourth-order valence-electron chi connectivity index (χ4n) is 3.75. The molecule has 0 aliphatic carbocycles. The van der Waals surface area contributed by atoms with E-state index in [1.54, 1.807) is 0 Å². The quantitative estimate of drug-likeness (QED) is 0.944. The van der Waals surface area contributed by atoms with Gasteiger partial charge in [0.1, 0.15) is 11.5 Å². The number of primary amides is 1. The smallest absolute Gasteiger partial charge is 0.268 e. The van der Waals surface area contributed by atoms with Crippen LogP contribution in [0.25, 0.3) is 5.57 Å². The van der Waals surface area contributed by atoms with Crippen LogP contribution in [0.5, 0.6) is 0 Å². The van der Waals surface area contributed by atoms with Crippen LogP contribution in [0.3, 0.4) is 0 Å². The first-order valence-corrected chi connectivity index (χ1v) is 8.55. The van der Waals surface area contributed by atoms with E-state index < -0.39 is 5.91 Å². The average molecular weight is 322 g/mol. The predicted molar refractivity (Wildman–Crippen MR) is 93.2 cm³/mol. The SMILES string of the molecule is NC(=O)c1cn2c(n1)C1=C(CCC2)CCN(Cc2ccccc2)C1. The maximum absolute atomic E-state index is 11.5. The van der Waals surface area contributed by atoms with Gasteiger partial charge in [0.25, 0.3) is 5.91 Å². The highest BCUT2D eigenvalue weighted by Gasteiger charge is 2.26. The summed E-state index contributed by atoms with van der Waals surface area (Å²) in [6.07, 6.45) is 5.12. The Morgan fingerprint density at radius 2 is 2.00 bits per heavy atom. The fourth-order valence-corrected chi connectivity index (χ4v) is 3.75. The second-order valence-corrected chi connectivity index (χ2v) is 6.64. The van der Waals surface area contributed by atoms with E-state index in [1.165, 1.54) is 16.7 Å². The van der Waals surface area contributed by atoms with Crippen molar-refractivity contribution in [3.63, 3.8) is 0 Å². The van der Waals surface area contributed by atoms with E-state index in [0.717, 1.165) is 51.3 Å². The van der Waals surface area contributed by atoms with Crippen molar-refractivity contribution in [1.82, 2.24) is 14.5 Å². The molecule has 124 valence electrons. The summed E-state index contributed by atoms with van der Waals surface area (Å²) in [4.78, 5) is 18.5. The van der Waals surface area contributed by atoms with Crippen LogP contribution in [0.2, 0.25) is 0 Å². The van der Waals surface area contributed by atoms with Crippen molar-refractivity contribution in [3.05, 3.63) is 59.2 Å². The van der Waals surface area contributed by atoms with Crippen molar-refractivity contribution in [1.29, 1.82) is 0 Å². The number of amides is 1. The van der Waals surface area contributed by atoms with Crippen molar-refractivity contribution in [2.24, 2.45) is 5.73 Å². The van der Waals surface area contributed by atoms with Crippen LogP contribution in [0.15, 0.2) is 42.1 Å². The van der Waals surface area contributed by atoms with Gasteiger partial charge < -0.3 is 10.3 Å². The lowest BCUT2D eigenvalue weighted by Gasteiger charge is -2.30. The van der Waals surface area contributed by atoms with E-state index in [4.69, 9.17) is 5.73 Å². The third-order valence-electron chi connectivity index (χ3n) is 4.96. The van der Waals surface area contributed by atoms with Gasteiger partial charge >= 0.3 is 0 Å². The third kappa shape index (κ3) is 2.87. The summed E-state index contributed by atoms with van der Waals surface area (Å²) in [6, 6.07) is 10.6. The molecular formula is C19H22N4O. The molecule has 2 N–H and O–H groups in total. The molecule has 2 aliphatic heterocycles. The number of nitrogens with zero attached hydrogens (tertiary/aromatic N) is 3. The lowest BCUT2D eigenvalue weighted by Crippen LogP contribution is -2.31. The van der Waals surface area contributed by atoms with E-state index in [-0.39, 0.29) is 0 Å². The van der Waals surface area contributed by atoms with Gasteiger partial charge in [-0.05, 0) is 24.8 Å². The molecule has 0 unspecified atom stereocenters. The Hall–Kier alpha value is -2.40. The minimum Gasteiger partial charge on any atom is -0.364 e. The number of fused-ring (bicyclic) bond motifs is 2. The van der Waals surface area contributed by atoms with Crippen LogP contribution in [-0.4, -0.2) is 33.4 Å². The number of nitrogens with two attached hydrogens (primary N) is 1. The molecular weight excluding hydrogens is 300 g/mol. The normalized spacial score (nSPS) is 18.0. The van der Waals surface area contributed by atoms with Crippen LogP contribution in [0.4, 0.5) is 0 Å². The first-order chi connectivity index (χ1) is 11.7. The summed E-state index contributed by atoms with van der Waals surface area (Å²) in [5.41, 5.74) is 9.92. The molecule has 1 aromatic heterocycles. The highest BCUT2D eigenvalue weighted by molar-refractivity contribution is 5.91. The van der Waals surface area contributed by atoms with Crippen LogP contribution < -0.4 is 5.73 Å². The maximum Gasteiger partial charge on any atom is 0.268 e. The summed E-state index contributed by atoms with van der Waals surface area (Å²) in [7, 11) is 0. The molecule has 0 saturated heterocycles. The second-order valence-electron chi connectivity index (χ2n) is 6.64. The van der Waals surface area contributed by atoms with E-state index >= 15 is 0 Å². The van der Waals surface area contributed by atoms with Crippen molar-refractivity contribution < 1.29 is 4.79 Å². The molecule has 0 bridgehead atoms. The van der Waals surface area contributed by atoms with Crippen LogP contribution in [-0.2, 0) is 13.1 Å². The Labute approximate surface area is 141 Å². The summed E-state index contributed by atoms with van der Waals surface area (Å²) < 4.78 is 2.11. The van der Waals surface area contributed by atoms with Gasteiger partial charge in [-0.25, -0.2) is 4.98 Å². The highest BCUT2D eigenvalue weighted by atomic mass is 16.1. The van der Waals surface area contributed by atoms with Gasteiger partial charge in [0.05, 0.1) is 0 Å². The molecule has 1 amide bonds. The lowest BCUT2D eigenvalue weighted by molar-refractivity contribution is 0.0996. The number of aromatic nitrogens is 2. The molecule has 5 nitrogen and oxygen atoms in total. The summed E-state index contributed by atoms with van der Waals surface area (Å²) in [5, 5.41) is 0. The van der Waals surface area contributed by atoms with E-state index in [1.807, 2.05) is 12.3 Å². The molecule has 2 aromatic rings. The lowest BCUT2D eigenvalue weighted by atomic mass is 9.96. The molecule has 1 aromatic carbocycles. The molecule has 3 heterocycles. The molecule has 0 atom stereocenters. The first-order valence-electron chi connectivity index (χ1n) is 8.55. The van der Waals surface area contributed by atoms with E-state index in [2.05, 4.69) is 38.7 Å². The Balaban J connectivity index is 1.62. The molecule has 0 saturated carbocycles. The van der Waals surface area contributed by atoms with Gasteiger partial charge in [0.2, 0.25) is 0 Å². The number of carbonyl (C=O) groups is 1. The largest absolute Gasteiger partial charge is 0.364 e. The van der Waals surface area contributed by atoms with Gasteiger partial charge in [-0.2, -0.15) is 0 Å². The third-order valence-corrected chi connectivity index (χ3v) is 4.96. The zero-order valence-corrected chi connectivity index (χ0v) is 13.7. The number of rotatable bonds is 3. The fraction of sp³-hybridized carbons (Fsp3) is 0.368. The van der Waals surface area contributed by atoms with Gasteiger partial charge in [0, 0.05) is 37.9 Å². The van der Waals surface area contributed by atoms with E-state index in [0.29, 0.717) is 5.69 Å². The van der Waals surface area contributed by atoms with Crippen molar-refractivity contribution in [2.45, 2.75) is 32.4 Å². The summed E-state index contributed by atoms with van der Waals surface area (Å²) >= 11 is 0. The second kappa shape index (κ2) is 6.24. The minimum absolute atomic E-state index is 0.374. The molecule has 4 rings (SSSR count). The van der Waals surface area contributed by atoms with Crippen molar-refractivity contribution in [3.8, 4) is 0 Å². The molecule has 0 fully saturated rings. The van der Waals surface area contributed by atoms with Crippen molar-refractivity contribution >= 4 is 11.5 Å². The topological polar surface area (TPSA) is 64.2 Å². The molecule has 2 aliphatic rings. The molecule has 0 radical (unpaired) electrons. The van der Waals surface area contributed by atoms with Gasteiger partial charge in [-0.15, -0.1) is 0 Å². The number of carbonyl (C=O) groups excluding carboxylic acids is 1. The van der Waals surface area contributed by atoms with Crippen LogP contribution in [0.1, 0.15) is 41.1 Å². The number of aryl methyl sites for hydroxylation is 1. The van der Waals surface area contributed by atoms with Crippen LogP contribution >= 0.6 is 0 Å². The molecule has 5 heteroatoms. The van der Waals surface area contributed by atoms with Gasteiger partial charge in [-0.3, -0.25) is 9.69 Å². The molecule has 24 heavy (non-hydrogen) atoms. The zero-order valence-electron chi connectivity index (χ0n) is 13.7. The summed E-state index contributed by atoms with van der Waals surface area (Å²) in [5.74, 6) is 0.490. The van der Waals surface area contributed by atoms with Crippen LogP contribution in [0, 0.1) is 0 Å². The number of benzene rings is 1. The number of imidazole rings is 1. The number of hydrogen-bond donors (Lipinski definition) is 1. The van der Waals surface area contributed by atoms with Gasteiger partial charge in [-0.1, -0.05) is 35.9 Å². The Bertz CT molecular complexity index is 791. The highest BCUT2D eigenvalue weighted by Crippen LogP contribution is 2.32. The minimum atomic E-state index is -0.449. The zero-order chi connectivity index (χ0) is 16.5. The molecule has 0 spiro atoms. The monoisotopic (exact) mass is 322 g/mol. The van der Waals surface area contributed by atoms with Gasteiger partial charge in [0.15, 0.2) is 0 Å². The van der Waals surface area contributed by atoms with E-state index in [9.17, 15) is 4.79 Å². The maximum atomic E-state index is 11.5. The standard InChI is InChI=1S/C19H22N4O/c20-18(24)17-13-23-9-4-7-15-8-10-22(12-16(15)19(23)21-17)11-14-5-2-1-3-6-14/h1-3,5-6,13H,4,7-12H2,(H2,20,24). The van der Waals surface area contributed by atoms with Crippen molar-refractivity contribution in [2.75, 3.05) is 13.1 Å². The number of hydrogen-bond acceptors (Lipinski definition) is 3. The average Bonchev–Trinajstić information content (AvgIpc) is 2.94. The Morgan fingerprint density at radius 3 is 2.79 bits per heavy atom. The first kappa shape index (κ1) is 15.1. The predicted octanol–water partition coefficient (Wildman–Crippen LogP) is 2.44.